The van der Waals surface area contributed by atoms with Crippen LogP contribution < -0.4 is 5.32 Å². The van der Waals surface area contributed by atoms with Crippen molar-refractivity contribution in [1.82, 2.24) is 5.32 Å². The molecule has 2 atom stereocenters. The van der Waals surface area contributed by atoms with Crippen molar-refractivity contribution in [3.63, 3.8) is 0 Å². The van der Waals surface area contributed by atoms with Crippen molar-refractivity contribution in [3.05, 3.63) is 35.9 Å². The molecule has 1 saturated heterocycles. The van der Waals surface area contributed by atoms with Crippen molar-refractivity contribution >= 4 is 12.4 Å². The summed E-state index contributed by atoms with van der Waals surface area (Å²) >= 11 is 0. The van der Waals surface area contributed by atoms with E-state index in [-0.39, 0.29) is 12.4 Å². The zero-order chi connectivity index (χ0) is 9.10. The summed E-state index contributed by atoms with van der Waals surface area (Å²) in [5, 5.41) is 3.43. The van der Waals surface area contributed by atoms with E-state index in [0.717, 1.165) is 11.8 Å². The highest BCUT2D eigenvalue weighted by atomic mass is 35.5. The van der Waals surface area contributed by atoms with Gasteiger partial charge in [0.2, 0.25) is 0 Å². The third-order valence-corrected chi connectivity index (χ3v) is 3.01. The Balaban J connectivity index is 0.000000980. The van der Waals surface area contributed by atoms with Crippen molar-refractivity contribution in [2.45, 2.75) is 19.3 Å². The Labute approximate surface area is 92.3 Å². The van der Waals surface area contributed by atoms with Gasteiger partial charge < -0.3 is 5.32 Å². The first-order chi connectivity index (χ1) is 6.38. The van der Waals surface area contributed by atoms with Gasteiger partial charge in [0.15, 0.2) is 0 Å². The molecule has 0 bridgehead atoms. The molecule has 0 amide bonds. The summed E-state index contributed by atoms with van der Waals surface area (Å²) in [6, 6.07) is 10.9. The van der Waals surface area contributed by atoms with Crippen molar-refractivity contribution in [2.75, 3.05) is 13.1 Å². The van der Waals surface area contributed by atoms with Gasteiger partial charge in [0.25, 0.3) is 0 Å². The number of piperidine rings is 1. The van der Waals surface area contributed by atoms with Gasteiger partial charge in [-0.25, -0.2) is 0 Å². The first-order valence-electron chi connectivity index (χ1n) is 5.13. The Morgan fingerprint density at radius 3 is 2.57 bits per heavy atom. The fraction of sp³-hybridized carbons (Fsp3) is 0.500. The molecule has 1 fully saturated rings. The highest BCUT2D eigenvalue weighted by molar-refractivity contribution is 5.85. The summed E-state index contributed by atoms with van der Waals surface area (Å²) in [5.74, 6) is 1.54. The van der Waals surface area contributed by atoms with E-state index in [4.69, 9.17) is 0 Å². The maximum atomic E-state index is 3.43. The standard InChI is InChI=1S/C12H17N.ClH/c1-10-9-13-8-7-12(10)11-5-3-2-4-6-11;/h2-6,10,12-13H,7-9H2,1H3;1H/t10-,12-;/m1./s1. The second kappa shape index (κ2) is 5.38. The first kappa shape index (κ1) is 11.5. The average Bonchev–Trinajstić information content (AvgIpc) is 2.20. The molecule has 1 aliphatic heterocycles. The van der Waals surface area contributed by atoms with E-state index in [0.29, 0.717) is 0 Å². The molecule has 0 aromatic heterocycles. The Morgan fingerprint density at radius 1 is 1.21 bits per heavy atom. The van der Waals surface area contributed by atoms with Gasteiger partial charge in [-0.15, -0.1) is 12.4 Å². The third-order valence-electron chi connectivity index (χ3n) is 3.01. The van der Waals surface area contributed by atoms with Crippen LogP contribution in [0.1, 0.15) is 24.8 Å². The van der Waals surface area contributed by atoms with Gasteiger partial charge in [0.05, 0.1) is 0 Å². The predicted octanol–water partition coefficient (Wildman–Crippen LogP) is 2.82. The van der Waals surface area contributed by atoms with Crippen molar-refractivity contribution in [3.8, 4) is 0 Å². The van der Waals surface area contributed by atoms with E-state index < -0.39 is 0 Å². The number of nitrogens with one attached hydrogen (secondary N) is 1. The van der Waals surface area contributed by atoms with Crippen LogP contribution in [0.3, 0.4) is 0 Å². The minimum absolute atomic E-state index is 0. The van der Waals surface area contributed by atoms with E-state index in [9.17, 15) is 0 Å². The molecule has 78 valence electrons. The zero-order valence-corrected chi connectivity index (χ0v) is 9.39. The maximum Gasteiger partial charge on any atom is -0.00173 e. The summed E-state index contributed by atoms with van der Waals surface area (Å²) in [4.78, 5) is 0. The summed E-state index contributed by atoms with van der Waals surface area (Å²) < 4.78 is 0. The third kappa shape index (κ3) is 2.49. The molecule has 1 nitrogen and oxygen atoms in total. The molecular formula is C12H18ClN. The SMILES string of the molecule is C[C@@H]1CNCC[C@H]1c1ccccc1.Cl. The topological polar surface area (TPSA) is 12.0 Å². The van der Waals surface area contributed by atoms with E-state index in [2.05, 4.69) is 42.6 Å². The van der Waals surface area contributed by atoms with Crippen LogP contribution in [-0.2, 0) is 0 Å². The van der Waals surface area contributed by atoms with Crippen molar-refractivity contribution in [2.24, 2.45) is 5.92 Å². The average molecular weight is 212 g/mol. The van der Waals surface area contributed by atoms with Crippen LogP contribution in [0.2, 0.25) is 0 Å². The molecule has 2 rings (SSSR count). The number of rotatable bonds is 1. The Bertz CT molecular complexity index is 260. The van der Waals surface area contributed by atoms with Gasteiger partial charge >= 0.3 is 0 Å². The van der Waals surface area contributed by atoms with Crippen LogP contribution in [0.25, 0.3) is 0 Å². The minimum Gasteiger partial charge on any atom is -0.316 e. The highest BCUT2D eigenvalue weighted by Gasteiger charge is 2.21. The first-order valence-corrected chi connectivity index (χ1v) is 5.13. The molecule has 1 aromatic carbocycles. The molecule has 0 spiro atoms. The monoisotopic (exact) mass is 211 g/mol. The molecule has 0 unspecified atom stereocenters. The van der Waals surface area contributed by atoms with Crippen LogP contribution >= 0.6 is 12.4 Å². The highest BCUT2D eigenvalue weighted by Crippen LogP contribution is 2.29. The number of hydrogen-bond acceptors (Lipinski definition) is 1. The fourth-order valence-electron chi connectivity index (χ4n) is 2.21. The maximum absolute atomic E-state index is 3.43. The zero-order valence-electron chi connectivity index (χ0n) is 8.57. The van der Waals surface area contributed by atoms with E-state index in [1.54, 1.807) is 0 Å². The number of benzene rings is 1. The smallest absolute Gasteiger partial charge is 0.00173 e. The van der Waals surface area contributed by atoms with Crippen LogP contribution in [0, 0.1) is 5.92 Å². The number of halogens is 1. The lowest BCUT2D eigenvalue weighted by atomic mass is 9.82. The van der Waals surface area contributed by atoms with Gasteiger partial charge in [-0.2, -0.15) is 0 Å². The molecule has 0 aliphatic carbocycles. The van der Waals surface area contributed by atoms with E-state index >= 15 is 0 Å². The normalized spacial score (nSPS) is 26.6. The molecule has 14 heavy (non-hydrogen) atoms. The summed E-state index contributed by atoms with van der Waals surface area (Å²) in [6.07, 6.45) is 1.28. The van der Waals surface area contributed by atoms with E-state index in [1.807, 2.05) is 0 Å². The molecule has 1 aliphatic rings. The summed E-state index contributed by atoms with van der Waals surface area (Å²) in [7, 11) is 0. The second-order valence-electron chi connectivity index (χ2n) is 3.99. The Kier molecular flexibility index (Phi) is 4.43. The van der Waals surface area contributed by atoms with Crippen molar-refractivity contribution in [1.29, 1.82) is 0 Å². The lowest BCUT2D eigenvalue weighted by Gasteiger charge is -2.29. The van der Waals surface area contributed by atoms with Gasteiger partial charge in [-0.1, -0.05) is 37.3 Å². The molecule has 1 N–H and O–H groups in total. The molecule has 0 radical (unpaired) electrons. The predicted molar refractivity (Wildman–Crippen MR) is 63.1 cm³/mol. The van der Waals surface area contributed by atoms with Crippen molar-refractivity contribution < 1.29 is 0 Å². The molecule has 2 heteroatoms. The van der Waals surface area contributed by atoms with Gasteiger partial charge in [0, 0.05) is 0 Å². The number of hydrogen-bond donors (Lipinski definition) is 1. The lowest BCUT2D eigenvalue weighted by molar-refractivity contribution is 0.349. The molecule has 0 saturated carbocycles. The molecular weight excluding hydrogens is 194 g/mol. The Hall–Kier alpha value is -0.530. The van der Waals surface area contributed by atoms with Gasteiger partial charge in [-0.05, 0) is 36.9 Å². The van der Waals surface area contributed by atoms with Crippen LogP contribution in [0.4, 0.5) is 0 Å². The molecule has 1 heterocycles. The largest absolute Gasteiger partial charge is 0.316 e. The molecule has 1 aromatic rings. The van der Waals surface area contributed by atoms with E-state index in [1.165, 1.54) is 25.1 Å². The fourth-order valence-corrected chi connectivity index (χ4v) is 2.21. The van der Waals surface area contributed by atoms with Crippen LogP contribution in [-0.4, -0.2) is 13.1 Å². The van der Waals surface area contributed by atoms with Gasteiger partial charge in [0.1, 0.15) is 0 Å². The minimum atomic E-state index is 0. The second-order valence-corrected chi connectivity index (χ2v) is 3.99. The van der Waals surface area contributed by atoms with Crippen LogP contribution in [0.5, 0.6) is 0 Å². The summed E-state index contributed by atoms with van der Waals surface area (Å²) in [6.45, 7) is 4.67. The van der Waals surface area contributed by atoms with Gasteiger partial charge in [-0.3, -0.25) is 0 Å². The quantitative estimate of drug-likeness (QED) is 0.754. The summed E-state index contributed by atoms with van der Waals surface area (Å²) in [5.41, 5.74) is 1.51. The lowest BCUT2D eigenvalue weighted by Crippen LogP contribution is -2.33. The Morgan fingerprint density at radius 2 is 1.93 bits per heavy atom. The van der Waals surface area contributed by atoms with Crippen LogP contribution in [0.15, 0.2) is 30.3 Å².